The van der Waals surface area contributed by atoms with E-state index in [2.05, 4.69) is 4.74 Å². The molecule has 1 saturated carbocycles. The van der Waals surface area contributed by atoms with E-state index in [-0.39, 0.29) is 30.7 Å². The zero-order valence-corrected chi connectivity index (χ0v) is 12.8. The van der Waals surface area contributed by atoms with Crippen LogP contribution in [-0.2, 0) is 19.1 Å². The summed E-state index contributed by atoms with van der Waals surface area (Å²) in [5.41, 5.74) is 0. The summed E-state index contributed by atoms with van der Waals surface area (Å²) < 4.78 is 4.61. The van der Waals surface area contributed by atoms with Gasteiger partial charge in [-0.3, -0.25) is 14.4 Å². The summed E-state index contributed by atoms with van der Waals surface area (Å²) in [6.45, 7) is 2.73. The molecule has 0 radical (unpaired) electrons. The zero-order chi connectivity index (χ0) is 15.4. The Morgan fingerprint density at radius 1 is 1.33 bits per heavy atom. The molecule has 0 spiro atoms. The maximum absolute atomic E-state index is 12.5. The summed E-state index contributed by atoms with van der Waals surface area (Å²) in [7, 11) is 1.31. The molecule has 21 heavy (non-hydrogen) atoms. The molecule has 1 heterocycles. The van der Waals surface area contributed by atoms with Crippen molar-refractivity contribution in [3.63, 3.8) is 0 Å². The summed E-state index contributed by atoms with van der Waals surface area (Å²) >= 11 is 0. The maximum Gasteiger partial charge on any atom is 0.325 e. The zero-order valence-electron chi connectivity index (χ0n) is 12.8. The second-order valence-electron chi connectivity index (χ2n) is 5.81. The Hall–Kier alpha value is -1.59. The van der Waals surface area contributed by atoms with Crippen LogP contribution < -0.4 is 0 Å². The molecule has 1 unspecified atom stereocenters. The van der Waals surface area contributed by atoms with Gasteiger partial charge in [0.25, 0.3) is 0 Å². The number of rotatable bonds is 5. The largest absolute Gasteiger partial charge is 0.468 e. The minimum atomic E-state index is -0.429. The third-order valence-corrected chi connectivity index (χ3v) is 4.51. The van der Waals surface area contributed by atoms with Crippen LogP contribution in [0, 0.1) is 5.92 Å². The fraction of sp³-hybridized carbons (Fsp3) is 0.800. The van der Waals surface area contributed by atoms with Crippen LogP contribution in [0.5, 0.6) is 0 Å². The average Bonchev–Trinajstić information content (AvgIpc) is 3.12. The number of hydrogen-bond acceptors (Lipinski definition) is 4. The molecule has 0 aromatic carbocycles. The second-order valence-corrected chi connectivity index (χ2v) is 5.81. The van der Waals surface area contributed by atoms with Crippen LogP contribution in [0.4, 0.5) is 0 Å². The van der Waals surface area contributed by atoms with Crippen molar-refractivity contribution in [2.75, 3.05) is 26.7 Å². The quantitative estimate of drug-likeness (QED) is 0.704. The van der Waals surface area contributed by atoms with Gasteiger partial charge < -0.3 is 14.5 Å². The van der Waals surface area contributed by atoms with Gasteiger partial charge in [0.05, 0.1) is 13.0 Å². The van der Waals surface area contributed by atoms with Crippen molar-refractivity contribution in [1.29, 1.82) is 0 Å². The van der Waals surface area contributed by atoms with Gasteiger partial charge in [-0.25, -0.2) is 0 Å². The molecule has 1 saturated heterocycles. The maximum atomic E-state index is 12.5. The normalized spacial score (nSPS) is 22.7. The number of amides is 2. The fourth-order valence-corrected chi connectivity index (χ4v) is 3.29. The Kier molecular flexibility index (Phi) is 5.20. The molecule has 6 nitrogen and oxygen atoms in total. The number of carbonyl (C=O) groups is 3. The smallest absolute Gasteiger partial charge is 0.325 e. The molecule has 0 N–H and O–H groups in total. The summed E-state index contributed by atoms with van der Waals surface area (Å²) in [5.74, 6) is -0.781. The van der Waals surface area contributed by atoms with Crippen molar-refractivity contribution in [2.45, 2.75) is 45.1 Å². The van der Waals surface area contributed by atoms with Gasteiger partial charge in [0, 0.05) is 25.6 Å². The third-order valence-electron chi connectivity index (χ3n) is 4.51. The van der Waals surface area contributed by atoms with Crippen LogP contribution in [0.15, 0.2) is 0 Å². The SMILES string of the molecule is CCN(CC(=O)OC)C(=O)C1CC(=O)N(C2CCCC2)C1. The number of ether oxygens (including phenoxy) is 1. The predicted octanol–water partition coefficient (Wildman–Crippen LogP) is 0.799. The molecule has 2 amide bonds. The Morgan fingerprint density at radius 3 is 2.57 bits per heavy atom. The van der Waals surface area contributed by atoms with Crippen molar-refractivity contribution >= 4 is 17.8 Å². The van der Waals surface area contributed by atoms with Gasteiger partial charge in [-0.1, -0.05) is 12.8 Å². The van der Waals surface area contributed by atoms with E-state index in [0.29, 0.717) is 19.1 Å². The fourth-order valence-electron chi connectivity index (χ4n) is 3.29. The van der Waals surface area contributed by atoms with E-state index in [9.17, 15) is 14.4 Å². The standard InChI is InChI=1S/C15H24N2O4/c1-3-16(10-14(19)21-2)15(20)11-8-13(18)17(9-11)12-6-4-5-7-12/h11-12H,3-10H2,1-2H3. The van der Waals surface area contributed by atoms with E-state index in [4.69, 9.17) is 0 Å². The second kappa shape index (κ2) is 6.91. The van der Waals surface area contributed by atoms with E-state index in [1.807, 2.05) is 11.8 Å². The van der Waals surface area contributed by atoms with Gasteiger partial charge in [0.1, 0.15) is 6.54 Å². The molecule has 0 aromatic rings. The summed E-state index contributed by atoms with van der Waals surface area (Å²) in [4.78, 5) is 39.3. The van der Waals surface area contributed by atoms with Gasteiger partial charge in [0.2, 0.25) is 11.8 Å². The molecule has 2 aliphatic rings. The van der Waals surface area contributed by atoms with Crippen LogP contribution in [0.1, 0.15) is 39.0 Å². The van der Waals surface area contributed by atoms with Gasteiger partial charge >= 0.3 is 5.97 Å². The number of hydrogen-bond donors (Lipinski definition) is 0. The van der Waals surface area contributed by atoms with Crippen molar-refractivity contribution in [3.05, 3.63) is 0 Å². The highest BCUT2D eigenvalue weighted by molar-refractivity contribution is 5.91. The number of carbonyl (C=O) groups excluding carboxylic acids is 3. The van der Waals surface area contributed by atoms with Gasteiger partial charge in [-0.2, -0.15) is 0 Å². The predicted molar refractivity (Wildman–Crippen MR) is 76.3 cm³/mol. The molecule has 1 aliphatic heterocycles. The van der Waals surface area contributed by atoms with Crippen LogP contribution in [0.2, 0.25) is 0 Å². The highest BCUT2D eigenvalue weighted by Crippen LogP contribution is 2.30. The number of esters is 1. The van der Waals surface area contributed by atoms with Crippen LogP contribution in [0.3, 0.4) is 0 Å². The van der Waals surface area contributed by atoms with E-state index >= 15 is 0 Å². The molecule has 0 aromatic heterocycles. The van der Waals surface area contributed by atoms with Gasteiger partial charge in [0.15, 0.2) is 0 Å². The molecule has 1 aliphatic carbocycles. The van der Waals surface area contributed by atoms with E-state index < -0.39 is 5.97 Å². The van der Waals surface area contributed by atoms with Crippen molar-refractivity contribution in [3.8, 4) is 0 Å². The first-order chi connectivity index (χ1) is 10.1. The molecule has 118 valence electrons. The summed E-state index contributed by atoms with van der Waals surface area (Å²) in [5, 5.41) is 0. The lowest BCUT2D eigenvalue weighted by Gasteiger charge is -2.25. The summed E-state index contributed by atoms with van der Waals surface area (Å²) in [6.07, 6.45) is 4.69. The van der Waals surface area contributed by atoms with Gasteiger partial charge in [-0.05, 0) is 19.8 Å². The Labute approximate surface area is 125 Å². The minimum absolute atomic E-state index is 0.0417. The topological polar surface area (TPSA) is 66.9 Å². The number of methoxy groups -OCH3 is 1. The molecule has 0 bridgehead atoms. The summed E-state index contributed by atoms with van der Waals surface area (Å²) in [6, 6.07) is 0.311. The molecule has 1 atom stereocenters. The molecule has 2 fully saturated rings. The Morgan fingerprint density at radius 2 is 2.00 bits per heavy atom. The average molecular weight is 296 g/mol. The van der Waals surface area contributed by atoms with Crippen LogP contribution >= 0.6 is 0 Å². The van der Waals surface area contributed by atoms with Crippen LogP contribution in [0.25, 0.3) is 0 Å². The van der Waals surface area contributed by atoms with Crippen LogP contribution in [-0.4, -0.2) is 60.4 Å². The molecular weight excluding hydrogens is 272 g/mol. The van der Waals surface area contributed by atoms with Gasteiger partial charge in [-0.15, -0.1) is 0 Å². The third kappa shape index (κ3) is 3.54. The number of likely N-dealkylation sites (tertiary alicyclic amines) is 1. The number of nitrogens with zero attached hydrogens (tertiary/aromatic N) is 2. The van der Waals surface area contributed by atoms with Crippen molar-refractivity contribution in [2.24, 2.45) is 5.92 Å². The lowest BCUT2D eigenvalue weighted by Crippen LogP contribution is -2.41. The minimum Gasteiger partial charge on any atom is -0.468 e. The Bertz CT molecular complexity index is 418. The van der Waals surface area contributed by atoms with Crippen molar-refractivity contribution in [1.82, 2.24) is 9.80 Å². The first-order valence-corrected chi connectivity index (χ1v) is 7.71. The van der Waals surface area contributed by atoms with E-state index in [1.54, 1.807) is 0 Å². The molecule has 2 rings (SSSR count). The first kappa shape index (κ1) is 15.8. The highest BCUT2D eigenvalue weighted by atomic mass is 16.5. The molecule has 6 heteroatoms. The lowest BCUT2D eigenvalue weighted by atomic mass is 10.1. The first-order valence-electron chi connectivity index (χ1n) is 7.71. The van der Waals surface area contributed by atoms with Crippen molar-refractivity contribution < 1.29 is 19.1 Å². The molecular formula is C15H24N2O4. The monoisotopic (exact) mass is 296 g/mol. The number of likely N-dealkylation sites (N-methyl/N-ethyl adjacent to an activating group) is 1. The Balaban J connectivity index is 1.96. The highest BCUT2D eigenvalue weighted by Gasteiger charge is 2.40. The van der Waals surface area contributed by atoms with E-state index in [0.717, 1.165) is 25.7 Å². The lowest BCUT2D eigenvalue weighted by molar-refractivity contribution is -0.148. The van der Waals surface area contributed by atoms with E-state index in [1.165, 1.54) is 12.0 Å².